The van der Waals surface area contributed by atoms with E-state index in [1.165, 1.54) is 24.3 Å². The summed E-state index contributed by atoms with van der Waals surface area (Å²) >= 11 is 0. The molecule has 178 valence electrons. The summed E-state index contributed by atoms with van der Waals surface area (Å²) in [5.74, 6) is 0.152. The van der Waals surface area contributed by atoms with Crippen LogP contribution >= 0.6 is 0 Å². The van der Waals surface area contributed by atoms with Crippen molar-refractivity contribution in [1.29, 1.82) is 0 Å². The Morgan fingerprint density at radius 3 is 2.54 bits per heavy atom. The van der Waals surface area contributed by atoms with E-state index in [-0.39, 0.29) is 30.7 Å². The van der Waals surface area contributed by atoms with Crippen LogP contribution in [0, 0.1) is 18.6 Å². The van der Waals surface area contributed by atoms with E-state index in [1.807, 2.05) is 19.1 Å². The third-order valence-corrected chi connectivity index (χ3v) is 6.03. The minimum absolute atomic E-state index is 0.123. The highest BCUT2D eigenvalue weighted by atomic mass is 19.1. The maximum Gasteiger partial charge on any atom is 0.226 e. The lowest BCUT2D eigenvalue weighted by atomic mass is 9.85. The maximum atomic E-state index is 13.9. The number of rotatable bonds is 6. The normalized spacial score (nSPS) is 14.9. The largest absolute Gasteiger partial charge is 0.493 e. The van der Waals surface area contributed by atoms with Crippen molar-refractivity contribution >= 4 is 11.7 Å². The topological polar surface area (TPSA) is 65.4 Å². The lowest BCUT2D eigenvalue weighted by molar-refractivity contribution is -0.116. The van der Waals surface area contributed by atoms with Gasteiger partial charge in [-0.25, -0.2) is 13.5 Å². The zero-order chi connectivity index (χ0) is 24.5. The van der Waals surface area contributed by atoms with Crippen molar-refractivity contribution in [2.75, 3.05) is 12.4 Å². The number of carbonyl (C=O) groups is 1. The Balaban J connectivity index is 1.59. The molecule has 1 aliphatic rings. The van der Waals surface area contributed by atoms with Crippen LogP contribution in [-0.4, -0.2) is 22.8 Å². The lowest BCUT2D eigenvalue weighted by Crippen LogP contribution is -2.25. The fraction of sp³-hybridized carbons (Fsp3) is 0.185. The first-order chi connectivity index (χ1) is 16.9. The first-order valence-corrected chi connectivity index (χ1v) is 11.1. The highest BCUT2D eigenvalue weighted by Gasteiger charge is 2.35. The molecule has 0 saturated carbocycles. The molecule has 0 radical (unpaired) electrons. The monoisotopic (exact) mass is 475 g/mol. The zero-order valence-electron chi connectivity index (χ0n) is 19.2. The van der Waals surface area contributed by atoms with Gasteiger partial charge in [0.2, 0.25) is 5.91 Å². The van der Waals surface area contributed by atoms with Crippen LogP contribution in [0.25, 0.3) is 5.69 Å². The molecule has 0 fully saturated rings. The Morgan fingerprint density at radius 2 is 1.80 bits per heavy atom. The van der Waals surface area contributed by atoms with E-state index < -0.39 is 5.82 Å². The van der Waals surface area contributed by atoms with Crippen molar-refractivity contribution in [2.24, 2.45) is 0 Å². The van der Waals surface area contributed by atoms with E-state index in [9.17, 15) is 13.6 Å². The second kappa shape index (κ2) is 9.21. The van der Waals surface area contributed by atoms with Crippen LogP contribution in [0.5, 0.6) is 11.5 Å². The first-order valence-electron chi connectivity index (χ1n) is 11.1. The molecule has 1 atom stereocenters. The van der Waals surface area contributed by atoms with Gasteiger partial charge in [0.25, 0.3) is 0 Å². The number of carbonyl (C=O) groups excluding carboxylic acids is 1. The summed E-state index contributed by atoms with van der Waals surface area (Å²) in [6.07, 6.45) is 0.173. The Bertz CT molecular complexity index is 1420. The molecule has 5 rings (SSSR count). The molecule has 0 unspecified atom stereocenters. The molecule has 8 heteroatoms. The third-order valence-electron chi connectivity index (χ3n) is 6.03. The van der Waals surface area contributed by atoms with Crippen LogP contribution in [-0.2, 0) is 11.4 Å². The van der Waals surface area contributed by atoms with Crippen LogP contribution in [0.2, 0.25) is 0 Å². The number of aromatic nitrogens is 2. The molecule has 4 aromatic rings. The third kappa shape index (κ3) is 4.35. The van der Waals surface area contributed by atoms with Gasteiger partial charge in [-0.3, -0.25) is 4.79 Å². The van der Waals surface area contributed by atoms with E-state index in [0.29, 0.717) is 34.3 Å². The summed E-state index contributed by atoms with van der Waals surface area (Å²) in [7, 11) is 1.54. The quantitative estimate of drug-likeness (QED) is 0.399. The van der Waals surface area contributed by atoms with Gasteiger partial charge >= 0.3 is 0 Å². The van der Waals surface area contributed by atoms with Gasteiger partial charge in [-0.05, 0) is 48.9 Å². The van der Waals surface area contributed by atoms with Gasteiger partial charge in [0, 0.05) is 23.5 Å². The number of anilines is 1. The van der Waals surface area contributed by atoms with E-state index in [4.69, 9.17) is 9.47 Å². The van der Waals surface area contributed by atoms with Gasteiger partial charge in [0.05, 0.1) is 18.5 Å². The molecule has 1 aromatic heterocycles. The number of benzene rings is 3. The highest BCUT2D eigenvalue weighted by Crippen LogP contribution is 2.46. The molecule has 2 heterocycles. The SMILES string of the molecule is COc1cccc([C@H]2CC(=O)Nc3c2c(C)nn3-c2cccc(F)c2)c1OCc1cccc(F)c1. The molecule has 0 saturated heterocycles. The molecule has 0 spiro atoms. The van der Waals surface area contributed by atoms with E-state index in [2.05, 4.69) is 10.4 Å². The predicted octanol–water partition coefficient (Wildman–Crippen LogP) is 5.52. The Kier molecular flexibility index (Phi) is 5.94. The number of aryl methyl sites for hydroxylation is 1. The number of fused-ring (bicyclic) bond motifs is 1. The van der Waals surface area contributed by atoms with Crippen molar-refractivity contribution in [3.8, 4) is 17.2 Å². The molecular weight excluding hydrogens is 452 g/mol. The number of hydrogen-bond donors (Lipinski definition) is 1. The average Bonchev–Trinajstić information content (AvgIpc) is 3.18. The fourth-order valence-electron chi connectivity index (χ4n) is 4.51. The van der Waals surface area contributed by atoms with Gasteiger partial charge in [-0.15, -0.1) is 0 Å². The number of methoxy groups -OCH3 is 1. The molecular formula is C27H23F2N3O3. The second-order valence-corrected chi connectivity index (χ2v) is 8.34. The first kappa shape index (κ1) is 22.6. The summed E-state index contributed by atoms with van der Waals surface area (Å²) in [6.45, 7) is 1.98. The summed E-state index contributed by atoms with van der Waals surface area (Å²) in [5.41, 5.74) is 3.44. The fourth-order valence-corrected chi connectivity index (χ4v) is 4.51. The van der Waals surface area contributed by atoms with Crippen molar-refractivity contribution in [1.82, 2.24) is 9.78 Å². The Labute approximate surface area is 201 Å². The van der Waals surface area contributed by atoms with Crippen molar-refractivity contribution in [3.05, 3.63) is 101 Å². The number of amides is 1. The summed E-state index contributed by atoms with van der Waals surface area (Å²) < 4.78 is 40.8. The number of hydrogen-bond acceptors (Lipinski definition) is 4. The Morgan fingerprint density at radius 1 is 1.06 bits per heavy atom. The number of nitrogens with one attached hydrogen (secondary N) is 1. The highest BCUT2D eigenvalue weighted by molar-refractivity contribution is 5.95. The van der Waals surface area contributed by atoms with E-state index >= 15 is 0 Å². The number of para-hydroxylation sites is 1. The van der Waals surface area contributed by atoms with E-state index in [0.717, 1.165) is 11.1 Å². The van der Waals surface area contributed by atoms with Crippen LogP contribution in [0.15, 0.2) is 66.7 Å². The van der Waals surface area contributed by atoms with Crippen molar-refractivity contribution in [2.45, 2.75) is 25.9 Å². The lowest BCUT2D eigenvalue weighted by Gasteiger charge is -2.26. The summed E-state index contributed by atoms with van der Waals surface area (Å²) in [6, 6.07) is 17.7. The minimum atomic E-state index is -0.399. The van der Waals surface area contributed by atoms with Gasteiger partial charge in [-0.1, -0.05) is 30.3 Å². The van der Waals surface area contributed by atoms with Gasteiger partial charge in [-0.2, -0.15) is 5.10 Å². The molecule has 0 bridgehead atoms. The van der Waals surface area contributed by atoms with Gasteiger partial charge < -0.3 is 14.8 Å². The van der Waals surface area contributed by atoms with Crippen molar-refractivity contribution < 1.29 is 23.0 Å². The molecule has 35 heavy (non-hydrogen) atoms. The Hall–Kier alpha value is -4.20. The molecule has 6 nitrogen and oxygen atoms in total. The number of halogens is 2. The summed E-state index contributed by atoms with van der Waals surface area (Å²) in [5, 5.41) is 7.52. The molecule has 1 amide bonds. The van der Waals surface area contributed by atoms with E-state index in [1.54, 1.807) is 42.1 Å². The second-order valence-electron chi connectivity index (χ2n) is 8.34. The number of nitrogens with zero attached hydrogens (tertiary/aromatic N) is 2. The molecule has 0 aliphatic carbocycles. The predicted molar refractivity (Wildman–Crippen MR) is 127 cm³/mol. The van der Waals surface area contributed by atoms with Crippen LogP contribution in [0.4, 0.5) is 14.6 Å². The van der Waals surface area contributed by atoms with Crippen molar-refractivity contribution in [3.63, 3.8) is 0 Å². The smallest absolute Gasteiger partial charge is 0.226 e. The van der Waals surface area contributed by atoms with Gasteiger partial charge in [0.1, 0.15) is 24.1 Å². The van der Waals surface area contributed by atoms with Gasteiger partial charge in [0.15, 0.2) is 11.5 Å². The zero-order valence-corrected chi connectivity index (χ0v) is 19.2. The van der Waals surface area contributed by atoms with Crippen LogP contribution < -0.4 is 14.8 Å². The number of ether oxygens (including phenoxy) is 2. The molecule has 1 N–H and O–H groups in total. The van der Waals surface area contributed by atoms with Crippen LogP contribution in [0.3, 0.4) is 0 Å². The standard InChI is InChI=1S/C27H23F2N3O3/c1-16-25-22(14-24(33)30-27(25)32(31-16)20-9-4-8-19(29)13-20)21-10-5-11-23(34-2)26(21)35-15-17-6-3-7-18(28)12-17/h3-13,22H,14-15H2,1-2H3,(H,30,33)/t22-/m1/s1. The molecule has 1 aliphatic heterocycles. The minimum Gasteiger partial charge on any atom is -0.493 e. The average molecular weight is 475 g/mol. The summed E-state index contributed by atoms with van der Waals surface area (Å²) in [4.78, 5) is 12.8. The van der Waals surface area contributed by atoms with Crippen LogP contribution in [0.1, 0.15) is 34.7 Å². The molecule has 3 aromatic carbocycles. The maximum absolute atomic E-state index is 13.9.